The van der Waals surface area contributed by atoms with Gasteiger partial charge in [0.15, 0.2) is 21.4 Å². The Morgan fingerprint density at radius 2 is 1.87 bits per heavy atom. The van der Waals surface area contributed by atoms with Crippen LogP contribution in [0.3, 0.4) is 0 Å². The Labute approximate surface area is 178 Å². The van der Waals surface area contributed by atoms with Crippen LogP contribution in [-0.4, -0.2) is 44.1 Å². The topological polar surface area (TPSA) is 89.7 Å². The molecule has 0 fully saturated rings. The van der Waals surface area contributed by atoms with Crippen molar-refractivity contribution in [1.29, 1.82) is 0 Å². The van der Waals surface area contributed by atoms with E-state index in [4.69, 9.17) is 9.15 Å². The normalized spacial score (nSPS) is 11.4. The molecule has 164 valence electrons. The molecule has 31 heavy (non-hydrogen) atoms. The van der Waals surface area contributed by atoms with Gasteiger partial charge in [-0.05, 0) is 42.0 Å². The van der Waals surface area contributed by atoms with Crippen molar-refractivity contribution in [2.45, 2.75) is 12.3 Å². The number of methoxy groups -OCH3 is 1. The van der Waals surface area contributed by atoms with Crippen molar-refractivity contribution in [1.82, 2.24) is 9.88 Å². The first-order chi connectivity index (χ1) is 14.7. The Bertz CT molecular complexity index is 1180. The number of ether oxygens (including phenoxy) is 1. The molecule has 0 saturated heterocycles. The van der Waals surface area contributed by atoms with Crippen LogP contribution in [0.15, 0.2) is 53.1 Å². The third kappa shape index (κ3) is 5.88. The van der Waals surface area contributed by atoms with Crippen LogP contribution >= 0.6 is 0 Å². The molecule has 3 aromatic rings. The Kier molecular flexibility index (Phi) is 6.69. The molecular weight excluding hydrogens is 430 g/mol. The number of sulfone groups is 1. The summed E-state index contributed by atoms with van der Waals surface area (Å²) >= 11 is 0. The van der Waals surface area contributed by atoms with Gasteiger partial charge in [0.05, 0.1) is 18.6 Å². The van der Waals surface area contributed by atoms with Gasteiger partial charge < -0.3 is 14.1 Å². The number of carbonyl (C=O) groups is 1. The molecule has 10 heteroatoms. The number of halogens is 2. The smallest absolute Gasteiger partial charge is 0.237 e. The fraction of sp³-hybridized carbons (Fsp3) is 0.238. The molecular formula is C21H20F2N2O5S. The lowest BCUT2D eigenvalue weighted by Gasteiger charge is -2.17. The molecule has 0 aliphatic carbocycles. The van der Waals surface area contributed by atoms with Gasteiger partial charge in [0.1, 0.15) is 17.8 Å². The standard InChI is InChI=1S/C21H20F2N2O5S/c1-25(10-14-3-8-19(29-2)18(23)9-14)20(26)13-31(27,28)12-17-11-30-21(24-17)15-4-6-16(22)7-5-15/h3-9,11H,10,12-13H2,1-2H3. The highest BCUT2D eigenvalue weighted by Crippen LogP contribution is 2.21. The van der Waals surface area contributed by atoms with Gasteiger partial charge >= 0.3 is 0 Å². The van der Waals surface area contributed by atoms with Gasteiger partial charge in [0, 0.05) is 19.2 Å². The minimum absolute atomic E-state index is 0.0357. The van der Waals surface area contributed by atoms with Crippen LogP contribution in [0.1, 0.15) is 11.3 Å². The number of aromatic nitrogens is 1. The summed E-state index contributed by atoms with van der Waals surface area (Å²) in [5, 5.41) is 0. The van der Waals surface area contributed by atoms with Gasteiger partial charge in [0.2, 0.25) is 11.8 Å². The van der Waals surface area contributed by atoms with E-state index in [2.05, 4.69) is 4.98 Å². The number of nitrogens with zero attached hydrogens (tertiary/aromatic N) is 2. The van der Waals surface area contributed by atoms with Gasteiger partial charge in [-0.3, -0.25) is 4.79 Å². The van der Waals surface area contributed by atoms with E-state index in [9.17, 15) is 22.0 Å². The third-order valence-electron chi connectivity index (χ3n) is 4.42. The lowest BCUT2D eigenvalue weighted by atomic mass is 10.2. The van der Waals surface area contributed by atoms with E-state index in [0.29, 0.717) is 11.1 Å². The highest BCUT2D eigenvalue weighted by molar-refractivity contribution is 7.91. The molecule has 0 N–H and O–H groups in total. The Morgan fingerprint density at radius 3 is 2.52 bits per heavy atom. The number of hydrogen-bond acceptors (Lipinski definition) is 6. The predicted octanol–water partition coefficient (Wildman–Crippen LogP) is 3.20. The highest BCUT2D eigenvalue weighted by Gasteiger charge is 2.22. The van der Waals surface area contributed by atoms with E-state index in [1.807, 2.05) is 0 Å². The lowest BCUT2D eigenvalue weighted by Crippen LogP contribution is -2.32. The fourth-order valence-electron chi connectivity index (χ4n) is 2.84. The molecule has 0 spiro atoms. The Hall–Kier alpha value is -3.27. The number of hydrogen-bond donors (Lipinski definition) is 0. The average molecular weight is 450 g/mol. The average Bonchev–Trinajstić information content (AvgIpc) is 3.15. The zero-order chi connectivity index (χ0) is 22.6. The molecule has 0 radical (unpaired) electrons. The highest BCUT2D eigenvalue weighted by atomic mass is 32.2. The van der Waals surface area contributed by atoms with Crippen LogP contribution in [0.5, 0.6) is 5.75 Å². The maximum Gasteiger partial charge on any atom is 0.237 e. The molecule has 0 saturated carbocycles. The van der Waals surface area contributed by atoms with Crippen LogP contribution < -0.4 is 4.74 Å². The number of rotatable bonds is 8. The van der Waals surface area contributed by atoms with Crippen molar-refractivity contribution in [3.63, 3.8) is 0 Å². The van der Waals surface area contributed by atoms with Crippen molar-refractivity contribution in [3.05, 3.63) is 71.6 Å². The summed E-state index contributed by atoms with van der Waals surface area (Å²) in [7, 11) is -1.06. The first-order valence-corrected chi connectivity index (χ1v) is 11.0. The molecule has 3 rings (SSSR count). The number of benzene rings is 2. The predicted molar refractivity (Wildman–Crippen MR) is 109 cm³/mol. The minimum atomic E-state index is -3.83. The molecule has 1 amide bonds. The first-order valence-electron chi connectivity index (χ1n) is 9.14. The fourth-order valence-corrected chi connectivity index (χ4v) is 4.13. The quantitative estimate of drug-likeness (QED) is 0.524. The van der Waals surface area contributed by atoms with Gasteiger partial charge in [0.25, 0.3) is 0 Å². The van der Waals surface area contributed by atoms with Gasteiger partial charge in [-0.2, -0.15) is 0 Å². The van der Waals surface area contributed by atoms with E-state index in [0.717, 1.165) is 0 Å². The van der Waals surface area contributed by atoms with Crippen LogP contribution in [0.4, 0.5) is 8.78 Å². The lowest BCUT2D eigenvalue weighted by molar-refractivity contribution is -0.127. The van der Waals surface area contributed by atoms with E-state index >= 15 is 0 Å². The van der Waals surface area contributed by atoms with Gasteiger partial charge in [-0.1, -0.05) is 6.07 Å². The van der Waals surface area contributed by atoms with Crippen LogP contribution in [-0.2, 0) is 26.9 Å². The molecule has 0 atom stereocenters. The van der Waals surface area contributed by atoms with Crippen LogP contribution in [0.2, 0.25) is 0 Å². The summed E-state index contributed by atoms with van der Waals surface area (Å²) in [6, 6.07) is 9.64. The molecule has 7 nitrogen and oxygen atoms in total. The zero-order valence-electron chi connectivity index (χ0n) is 16.8. The van der Waals surface area contributed by atoms with E-state index in [1.54, 1.807) is 6.07 Å². The number of amides is 1. The molecule has 0 unspecified atom stereocenters. The molecule has 0 aliphatic heterocycles. The number of carbonyl (C=O) groups excluding carboxylic acids is 1. The summed E-state index contributed by atoms with van der Waals surface area (Å²) in [5.41, 5.74) is 1.12. The van der Waals surface area contributed by atoms with E-state index in [1.165, 1.54) is 61.7 Å². The van der Waals surface area contributed by atoms with Crippen molar-refractivity contribution < 1.29 is 31.1 Å². The van der Waals surface area contributed by atoms with Gasteiger partial charge in [-0.15, -0.1) is 0 Å². The third-order valence-corrected chi connectivity index (χ3v) is 5.84. The van der Waals surface area contributed by atoms with Crippen molar-refractivity contribution in [3.8, 4) is 17.2 Å². The zero-order valence-corrected chi connectivity index (χ0v) is 17.7. The largest absolute Gasteiger partial charge is 0.494 e. The summed E-state index contributed by atoms with van der Waals surface area (Å²) < 4.78 is 61.8. The summed E-state index contributed by atoms with van der Waals surface area (Å²) in [4.78, 5) is 17.7. The van der Waals surface area contributed by atoms with Crippen molar-refractivity contribution in [2.75, 3.05) is 19.9 Å². The Balaban J connectivity index is 1.61. The molecule has 0 aliphatic rings. The Morgan fingerprint density at radius 1 is 1.16 bits per heavy atom. The van der Waals surface area contributed by atoms with Crippen LogP contribution in [0, 0.1) is 11.6 Å². The minimum Gasteiger partial charge on any atom is -0.494 e. The maximum absolute atomic E-state index is 13.8. The molecule has 1 aromatic heterocycles. The van der Waals surface area contributed by atoms with Crippen LogP contribution in [0.25, 0.3) is 11.5 Å². The van der Waals surface area contributed by atoms with E-state index < -0.39 is 38.9 Å². The van der Waals surface area contributed by atoms with Crippen molar-refractivity contribution in [2.24, 2.45) is 0 Å². The summed E-state index contributed by atoms with van der Waals surface area (Å²) in [6.07, 6.45) is 1.19. The number of oxazole rings is 1. The molecule has 0 bridgehead atoms. The van der Waals surface area contributed by atoms with Gasteiger partial charge in [-0.25, -0.2) is 22.2 Å². The summed E-state index contributed by atoms with van der Waals surface area (Å²) in [6.45, 7) is 0.0357. The monoisotopic (exact) mass is 450 g/mol. The SMILES string of the molecule is COc1ccc(CN(C)C(=O)CS(=O)(=O)Cc2coc(-c3ccc(F)cc3)n2)cc1F. The second kappa shape index (κ2) is 9.25. The second-order valence-corrected chi connectivity index (χ2v) is 8.97. The molecule has 2 aromatic carbocycles. The van der Waals surface area contributed by atoms with Crippen molar-refractivity contribution >= 4 is 15.7 Å². The molecule has 1 heterocycles. The maximum atomic E-state index is 13.8. The van der Waals surface area contributed by atoms with E-state index in [-0.39, 0.29) is 23.9 Å². The first kappa shape index (κ1) is 22.4. The summed E-state index contributed by atoms with van der Waals surface area (Å²) in [5.74, 6) is -2.63. The second-order valence-electron chi connectivity index (χ2n) is 6.90.